The summed E-state index contributed by atoms with van der Waals surface area (Å²) in [7, 11) is -2.64. The van der Waals surface area contributed by atoms with Gasteiger partial charge in [0.25, 0.3) is 0 Å². The predicted molar refractivity (Wildman–Crippen MR) is 73.9 cm³/mol. The van der Waals surface area contributed by atoms with E-state index in [0.717, 1.165) is 6.07 Å². The minimum absolute atomic E-state index is 0.0198. The summed E-state index contributed by atoms with van der Waals surface area (Å²) in [6, 6.07) is 1.53. The third-order valence-corrected chi connectivity index (χ3v) is 4.20. The monoisotopic (exact) mass is 359 g/mol. The summed E-state index contributed by atoms with van der Waals surface area (Å²) in [5.74, 6) is -1.53. The van der Waals surface area contributed by atoms with E-state index in [1.165, 1.54) is 7.11 Å². The first-order chi connectivity index (χ1) is 10.7. The van der Waals surface area contributed by atoms with Gasteiger partial charge in [-0.15, -0.1) is 0 Å². The van der Waals surface area contributed by atoms with Gasteiger partial charge in [-0.1, -0.05) is 0 Å². The molecule has 0 bridgehead atoms. The van der Waals surface area contributed by atoms with Crippen molar-refractivity contribution in [1.82, 2.24) is 4.72 Å². The summed E-state index contributed by atoms with van der Waals surface area (Å²) < 4.78 is 86.7. The van der Waals surface area contributed by atoms with Crippen molar-refractivity contribution in [3.8, 4) is 0 Å². The Morgan fingerprint density at radius 1 is 1.17 bits per heavy atom. The maximum Gasteiger partial charge on any atom is 0.419 e. The topological polar surface area (TPSA) is 64.6 Å². The van der Waals surface area contributed by atoms with Gasteiger partial charge in [0.15, 0.2) is 0 Å². The van der Waals surface area contributed by atoms with Gasteiger partial charge in [-0.3, -0.25) is 0 Å². The maximum atomic E-state index is 13.1. The van der Waals surface area contributed by atoms with Crippen LogP contribution in [-0.2, 0) is 25.7 Å². The minimum atomic E-state index is -4.97. The molecule has 5 nitrogen and oxygen atoms in total. The number of alkyl halides is 3. The van der Waals surface area contributed by atoms with Crippen LogP contribution < -0.4 is 4.72 Å². The van der Waals surface area contributed by atoms with Crippen LogP contribution in [0.15, 0.2) is 23.1 Å². The van der Waals surface area contributed by atoms with E-state index >= 15 is 0 Å². The first-order valence-electron chi connectivity index (χ1n) is 6.61. The maximum absolute atomic E-state index is 13.1. The Morgan fingerprint density at radius 2 is 1.87 bits per heavy atom. The molecule has 0 amide bonds. The van der Waals surface area contributed by atoms with E-state index in [9.17, 15) is 26.0 Å². The fourth-order valence-electron chi connectivity index (χ4n) is 1.60. The molecule has 132 valence electrons. The van der Waals surface area contributed by atoms with Crippen molar-refractivity contribution in [1.29, 1.82) is 0 Å². The lowest BCUT2D eigenvalue weighted by molar-refractivity contribution is -0.140. The van der Waals surface area contributed by atoms with Gasteiger partial charge >= 0.3 is 6.18 Å². The molecule has 0 aliphatic rings. The lowest BCUT2D eigenvalue weighted by atomic mass is 10.2. The molecule has 0 aromatic heterocycles. The molecule has 0 heterocycles. The van der Waals surface area contributed by atoms with Crippen molar-refractivity contribution in [3.05, 3.63) is 29.6 Å². The molecule has 0 unspecified atom stereocenters. The second-order valence-corrected chi connectivity index (χ2v) is 6.26. The highest BCUT2D eigenvalue weighted by atomic mass is 32.2. The van der Waals surface area contributed by atoms with E-state index < -0.39 is 32.5 Å². The summed E-state index contributed by atoms with van der Waals surface area (Å²) in [6.45, 7) is 1.01. The lowest BCUT2D eigenvalue weighted by Crippen LogP contribution is -2.26. The summed E-state index contributed by atoms with van der Waals surface area (Å²) in [4.78, 5) is -0.647. The van der Waals surface area contributed by atoms with Crippen LogP contribution in [0.4, 0.5) is 17.6 Å². The molecule has 0 spiro atoms. The summed E-state index contributed by atoms with van der Waals surface area (Å²) in [6.07, 6.45) is -4.64. The van der Waals surface area contributed by atoms with E-state index in [2.05, 4.69) is 4.72 Å². The second kappa shape index (κ2) is 8.57. The molecule has 1 N–H and O–H groups in total. The van der Waals surface area contributed by atoms with E-state index in [1.54, 1.807) is 0 Å². The van der Waals surface area contributed by atoms with Crippen LogP contribution in [0.5, 0.6) is 0 Å². The molecule has 0 atom stereocenters. The van der Waals surface area contributed by atoms with Crippen molar-refractivity contribution in [2.75, 3.05) is 33.5 Å². The molecule has 1 aromatic rings. The Balaban J connectivity index is 2.63. The Kier molecular flexibility index (Phi) is 7.39. The number of benzene rings is 1. The Bertz CT molecular complexity index is 604. The van der Waals surface area contributed by atoms with Crippen LogP contribution in [0.1, 0.15) is 12.0 Å². The normalized spacial score (nSPS) is 12.6. The summed E-state index contributed by atoms with van der Waals surface area (Å²) >= 11 is 0. The van der Waals surface area contributed by atoms with Gasteiger partial charge in [-0.2, -0.15) is 13.2 Å². The van der Waals surface area contributed by atoms with Gasteiger partial charge in [0.05, 0.1) is 23.7 Å². The molecule has 23 heavy (non-hydrogen) atoms. The van der Waals surface area contributed by atoms with Gasteiger partial charge in [0, 0.05) is 20.3 Å². The predicted octanol–water partition coefficient (Wildman–Crippen LogP) is 2.18. The fourth-order valence-corrected chi connectivity index (χ4v) is 2.70. The van der Waals surface area contributed by atoms with Crippen LogP contribution in [-0.4, -0.2) is 41.9 Å². The number of sulfonamides is 1. The van der Waals surface area contributed by atoms with E-state index in [-0.39, 0.29) is 19.2 Å². The van der Waals surface area contributed by atoms with Crippen LogP contribution in [0.25, 0.3) is 0 Å². The number of halogens is 4. The molecule has 10 heteroatoms. The second-order valence-electron chi connectivity index (χ2n) is 4.50. The number of nitrogens with one attached hydrogen (secondary N) is 1. The van der Waals surface area contributed by atoms with Crippen LogP contribution in [0.2, 0.25) is 0 Å². The Hall–Kier alpha value is -1.23. The zero-order chi connectivity index (χ0) is 17.5. The van der Waals surface area contributed by atoms with Crippen molar-refractivity contribution < 1.29 is 35.5 Å². The molecular formula is C13H17F4NO4S. The smallest absolute Gasteiger partial charge is 0.382 e. The Labute approximate surface area is 131 Å². The van der Waals surface area contributed by atoms with E-state index in [1.807, 2.05) is 0 Å². The summed E-state index contributed by atoms with van der Waals surface area (Å²) in [5, 5.41) is 0. The van der Waals surface area contributed by atoms with E-state index in [4.69, 9.17) is 9.47 Å². The number of methoxy groups -OCH3 is 1. The Morgan fingerprint density at radius 3 is 2.48 bits per heavy atom. The van der Waals surface area contributed by atoms with Crippen molar-refractivity contribution in [3.63, 3.8) is 0 Å². The molecule has 0 aliphatic carbocycles. The quantitative estimate of drug-likeness (QED) is 0.542. The van der Waals surface area contributed by atoms with E-state index in [0.29, 0.717) is 25.7 Å². The van der Waals surface area contributed by atoms with Crippen LogP contribution in [0, 0.1) is 5.82 Å². The molecule has 0 aliphatic heterocycles. The average molecular weight is 359 g/mol. The average Bonchev–Trinajstić information content (AvgIpc) is 2.45. The van der Waals surface area contributed by atoms with Crippen molar-refractivity contribution in [2.45, 2.75) is 17.5 Å². The largest absolute Gasteiger partial charge is 0.419 e. The zero-order valence-corrected chi connectivity index (χ0v) is 13.1. The standard InChI is InChI=1S/C13H17F4NO4S/c1-21-7-8-22-6-2-5-18-23(19,20)10-3-4-12(14)11(9-10)13(15,16)17/h3-4,9,18H,2,5-8H2,1H3. The highest BCUT2D eigenvalue weighted by molar-refractivity contribution is 7.89. The number of hydrogen-bond donors (Lipinski definition) is 1. The SMILES string of the molecule is COCCOCCCNS(=O)(=O)c1ccc(F)c(C(F)(F)F)c1. The zero-order valence-electron chi connectivity index (χ0n) is 12.3. The van der Waals surface area contributed by atoms with Gasteiger partial charge in [0.2, 0.25) is 10.0 Å². The van der Waals surface area contributed by atoms with Crippen LogP contribution in [0.3, 0.4) is 0 Å². The van der Waals surface area contributed by atoms with Crippen molar-refractivity contribution in [2.24, 2.45) is 0 Å². The summed E-state index contributed by atoms with van der Waals surface area (Å²) in [5.41, 5.74) is -1.62. The number of ether oxygens (including phenoxy) is 2. The van der Waals surface area contributed by atoms with Gasteiger partial charge in [-0.05, 0) is 24.6 Å². The minimum Gasteiger partial charge on any atom is -0.382 e. The van der Waals surface area contributed by atoms with Gasteiger partial charge in [-0.25, -0.2) is 17.5 Å². The lowest BCUT2D eigenvalue weighted by Gasteiger charge is -2.11. The van der Waals surface area contributed by atoms with Gasteiger partial charge in [0.1, 0.15) is 5.82 Å². The fraction of sp³-hybridized carbons (Fsp3) is 0.538. The highest BCUT2D eigenvalue weighted by Gasteiger charge is 2.35. The van der Waals surface area contributed by atoms with Crippen molar-refractivity contribution >= 4 is 10.0 Å². The third kappa shape index (κ3) is 6.42. The van der Waals surface area contributed by atoms with Crippen LogP contribution >= 0.6 is 0 Å². The van der Waals surface area contributed by atoms with Gasteiger partial charge < -0.3 is 9.47 Å². The molecular weight excluding hydrogens is 342 g/mol. The molecule has 0 saturated heterocycles. The molecule has 1 rings (SSSR count). The first-order valence-corrected chi connectivity index (χ1v) is 8.10. The third-order valence-electron chi connectivity index (χ3n) is 2.74. The number of hydrogen-bond acceptors (Lipinski definition) is 4. The highest BCUT2D eigenvalue weighted by Crippen LogP contribution is 2.32. The number of rotatable bonds is 9. The molecule has 0 saturated carbocycles. The first kappa shape index (κ1) is 19.8. The molecule has 0 radical (unpaired) electrons. The molecule has 0 fully saturated rings. The molecule has 1 aromatic carbocycles.